The van der Waals surface area contributed by atoms with Gasteiger partial charge in [-0.25, -0.2) is 18.1 Å². The number of benzene rings is 4. The second-order valence-electron chi connectivity index (χ2n) is 7.20. The fourth-order valence-electron chi connectivity index (χ4n) is 3.58. The maximum atomic E-state index is 12.9. The maximum absolute atomic E-state index is 12.9. The van der Waals surface area contributed by atoms with Crippen LogP contribution in [0.4, 0.5) is 5.69 Å². The van der Waals surface area contributed by atoms with Crippen LogP contribution in [-0.2, 0) is 16.6 Å². The van der Waals surface area contributed by atoms with Crippen LogP contribution in [0.5, 0.6) is 11.5 Å². The topological polar surface area (TPSA) is 79.8 Å². The van der Waals surface area contributed by atoms with Crippen molar-refractivity contribution in [1.82, 2.24) is 4.72 Å². The first kappa shape index (κ1) is 20.4. The minimum absolute atomic E-state index is 0.0752. The van der Waals surface area contributed by atoms with Gasteiger partial charge in [0.05, 0.1) is 11.6 Å². The summed E-state index contributed by atoms with van der Waals surface area (Å²) in [5, 5.41) is 5.66. The molecule has 4 aromatic carbocycles. The van der Waals surface area contributed by atoms with E-state index in [9.17, 15) is 8.42 Å². The quantitative estimate of drug-likeness (QED) is 0.416. The van der Waals surface area contributed by atoms with E-state index in [0.29, 0.717) is 28.8 Å². The van der Waals surface area contributed by atoms with Crippen molar-refractivity contribution in [3.63, 3.8) is 0 Å². The van der Waals surface area contributed by atoms with Crippen molar-refractivity contribution in [3.05, 3.63) is 95.5 Å². The van der Waals surface area contributed by atoms with Gasteiger partial charge in [-0.15, -0.1) is 0 Å². The molecule has 6 nitrogen and oxygen atoms in total. The van der Waals surface area contributed by atoms with E-state index in [2.05, 4.69) is 15.0 Å². The van der Waals surface area contributed by atoms with Crippen molar-refractivity contribution in [2.75, 3.05) is 5.32 Å². The molecule has 0 saturated heterocycles. The van der Waals surface area contributed by atoms with Gasteiger partial charge in [-0.3, -0.25) is 0 Å². The Kier molecular flexibility index (Phi) is 5.20. The molecule has 0 spiro atoms. The lowest BCUT2D eigenvalue weighted by Crippen LogP contribution is -2.40. The minimum atomic E-state index is -3.82. The number of guanidine groups is 1. The van der Waals surface area contributed by atoms with Gasteiger partial charge in [-0.2, -0.15) is 0 Å². The van der Waals surface area contributed by atoms with E-state index in [1.165, 1.54) is 6.07 Å². The fraction of sp³-hybridized carbons (Fsp3) is 0.0417. The number of anilines is 1. The van der Waals surface area contributed by atoms with Crippen LogP contribution in [0.1, 0.15) is 5.56 Å². The molecule has 0 radical (unpaired) electrons. The number of ether oxygens (including phenoxy) is 1. The largest absolute Gasteiger partial charge is 0.454 e. The first-order valence-electron chi connectivity index (χ1n) is 9.87. The van der Waals surface area contributed by atoms with Gasteiger partial charge in [0.25, 0.3) is 10.0 Å². The Balaban J connectivity index is 1.50. The number of para-hydroxylation sites is 2. The number of rotatable bonds is 4. The summed E-state index contributed by atoms with van der Waals surface area (Å²) in [6.07, 6.45) is 0. The molecule has 0 unspecified atom stereocenters. The Labute approximate surface area is 190 Å². The number of halogens is 1. The molecule has 5 rings (SSSR count). The van der Waals surface area contributed by atoms with E-state index in [1.807, 2.05) is 42.5 Å². The Bertz CT molecular complexity index is 1460. The smallest absolute Gasteiger partial charge is 0.266 e. The first-order chi connectivity index (χ1) is 15.5. The van der Waals surface area contributed by atoms with E-state index in [4.69, 9.17) is 16.3 Å². The van der Waals surface area contributed by atoms with Crippen LogP contribution in [0.25, 0.3) is 10.8 Å². The number of fused-ring (bicyclic) bond motifs is 2. The summed E-state index contributed by atoms with van der Waals surface area (Å²) in [5.41, 5.74) is 1.30. The molecule has 1 heterocycles. The summed E-state index contributed by atoms with van der Waals surface area (Å²) in [6.45, 7) is 0.301. The summed E-state index contributed by atoms with van der Waals surface area (Å²) >= 11 is 6.21. The molecule has 1 aliphatic rings. The van der Waals surface area contributed by atoms with Crippen LogP contribution in [0.2, 0.25) is 5.02 Å². The van der Waals surface area contributed by atoms with Crippen molar-refractivity contribution in [1.29, 1.82) is 0 Å². The molecule has 8 heteroatoms. The molecule has 2 N–H and O–H groups in total. The molecule has 4 aromatic rings. The molecule has 160 valence electrons. The Morgan fingerprint density at radius 2 is 1.56 bits per heavy atom. The lowest BCUT2D eigenvalue weighted by Gasteiger charge is -2.23. The average molecular weight is 464 g/mol. The molecule has 32 heavy (non-hydrogen) atoms. The van der Waals surface area contributed by atoms with E-state index < -0.39 is 10.0 Å². The zero-order valence-corrected chi connectivity index (χ0v) is 18.3. The molecule has 0 atom stereocenters. The minimum Gasteiger partial charge on any atom is -0.454 e. The van der Waals surface area contributed by atoms with Gasteiger partial charge in [-0.05, 0) is 40.6 Å². The van der Waals surface area contributed by atoms with Crippen molar-refractivity contribution in [2.45, 2.75) is 11.4 Å². The molecule has 0 aromatic heterocycles. The number of sulfonamides is 1. The van der Waals surface area contributed by atoms with Crippen LogP contribution >= 0.6 is 11.6 Å². The van der Waals surface area contributed by atoms with Crippen LogP contribution in [0, 0.1) is 0 Å². The summed E-state index contributed by atoms with van der Waals surface area (Å²) in [6, 6.07) is 25.8. The van der Waals surface area contributed by atoms with Gasteiger partial charge in [0.15, 0.2) is 5.75 Å². The van der Waals surface area contributed by atoms with E-state index in [-0.39, 0.29) is 10.9 Å². The normalized spacial score (nSPS) is 15.6. The van der Waals surface area contributed by atoms with Crippen molar-refractivity contribution >= 4 is 44.0 Å². The van der Waals surface area contributed by atoms with E-state index >= 15 is 0 Å². The third-order valence-electron chi connectivity index (χ3n) is 5.10. The van der Waals surface area contributed by atoms with Gasteiger partial charge < -0.3 is 10.1 Å². The molecular weight excluding hydrogens is 446 g/mol. The summed E-state index contributed by atoms with van der Waals surface area (Å²) in [5.74, 6) is 0.883. The van der Waals surface area contributed by atoms with Crippen molar-refractivity contribution in [3.8, 4) is 11.5 Å². The number of nitrogens with one attached hydrogen (secondary N) is 2. The molecule has 0 saturated carbocycles. The molecule has 0 amide bonds. The highest BCUT2D eigenvalue weighted by Gasteiger charge is 2.29. The van der Waals surface area contributed by atoms with Gasteiger partial charge >= 0.3 is 0 Å². The lowest BCUT2D eigenvalue weighted by atomic mass is 10.1. The van der Waals surface area contributed by atoms with Gasteiger partial charge in [-0.1, -0.05) is 72.3 Å². The predicted octanol–water partition coefficient (Wildman–Crippen LogP) is 5.55. The van der Waals surface area contributed by atoms with Crippen LogP contribution in [0.15, 0.2) is 94.8 Å². The van der Waals surface area contributed by atoms with Crippen LogP contribution < -0.4 is 14.8 Å². The predicted molar refractivity (Wildman–Crippen MR) is 127 cm³/mol. The third-order valence-corrected chi connectivity index (χ3v) is 6.79. The SMILES string of the molecule is O=S1(=O)NC(=NCc2cccc3ccccc23)Nc2c(Oc3ccccc3Cl)cccc21. The Morgan fingerprint density at radius 3 is 2.44 bits per heavy atom. The van der Waals surface area contributed by atoms with Crippen molar-refractivity contribution in [2.24, 2.45) is 4.99 Å². The third kappa shape index (κ3) is 3.88. The monoisotopic (exact) mass is 463 g/mol. The Hall–Kier alpha value is -3.55. The van der Waals surface area contributed by atoms with Gasteiger partial charge in [0.2, 0.25) is 5.96 Å². The standard InChI is InChI=1S/C24H18ClN3O3S/c25-19-11-3-4-12-20(19)31-21-13-6-14-22-23(21)27-24(28-32(22,29)30)26-15-17-9-5-8-16-7-1-2-10-18(16)17/h1-14H,15H2,(H2,26,27,28). The second kappa shape index (κ2) is 8.18. The maximum Gasteiger partial charge on any atom is 0.266 e. The number of hydrogen-bond acceptors (Lipinski definition) is 4. The number of nitrogens with zero attached hydrogens (tertiary/aromatic N) is 1. The Morgan fingerprint density at radius 1 is 0.844 bits per heavy atom. The van der Waals surface area contributed by atoms with E-state index in [1.54, 1.807) is 36.4 Å². The molecule has 1 aliphatic heterocycles. The highest BCUT2D eigenvalue weighted by molar-refractivity contribution is 7.90. The summed E-state index contributed by atoms with van der Waals surface area (Å²) < 4.78 is 34.2. The summed E-state index contributed by atoms with van der Waals surface area (Å²) in [4.78, 5) is 4.57. The first-order valence-corrected chi connectivity index (χ1v) is 11.7. The van der Waals surface area contributed by atoms with E-state index in [0.717, 1.165) is 16.3 Å². The molecular formula is C24H18ClN3O3S. The molecule has 0 aliphatic carbocycles. The molecule has 0 bridgehead atoms. The summed E-state index contributed by atoms with van der Waals surface area (Å²) in [7, 11) is -3.82. The number of aliphatic imine (C=N–C) groups is 1. The van der Waals surface area contributed by atoms with Crippen LogP contribution in [0.3, 0.4) is 0 Å². The highest BCUT2D eigenvalue weighted by atomic mass is 35.5. The highest BCUT2D eigenvalue weighted by Crippen LogP contribution is 2.38. The second-order valence-corrected chi connectivity index (χ2v) is 9.25. The van der Waals surface area contributed by atoms with Gasteiger partial charge in [0.1, 0.15) is 16.3 Å². The van der Waals surface area contributed by atoms with Crippen LogP contribution in [-0.4, -0.2) is 14.4 Å². The average Bonchev–Trinajstić information content (AvgIpc) is 2.79. The molecule has 0 fully saturated rings. The van der Waals surface area contributed by atoms with Crippen molar-refractivity contribution < 1.29 is 13.2 Å². The zero-order chi connectivity index (χ0) is 22.1. The number of hydrogen-bond donors (Lipinski definition) is 2. The zero-order valence-electron chi connectivity index (χ0n) is 16.7. The lowest BCUT2D eigenvalue weighted by molar-refractivity contribution is 0.483. The fourth-order valence-corrected chi connectivity index (χ4v) is 4.91. The van der Waals surface area contributed by atoms with Gasteiger partial charge in [0, 0.05) is 0 Å².